The summed E-state index contributed by atoms with van der Waals surface area (Å²) in [7, 11) is 0. The number of amidine groups is 1. The van der Waals surface area contributed by atoms with E-state index in [0.717, 1.165) is 11.1 Å². The molecule has 0 fully saturated rings. The molecule has 1 aliphatic rings. The van der Waals surface area contributed by atoms with Gasteiger partial charge in [0, 0.05) is 36.8 Å². The molecule has 5 nitrogen and oxygen atoms in total. The van der Waals surface area contributed by atoms with Gasteiger partial charge in [-0.3, -0.25) is 20.1 Å². The Morgan fingerprint density at radius 1 is 1.17 bits per heavy atom. The summed E-state index contributed by atoms with van der Waals surface area (Å²) in [5, 5.41) is 8.91. The first-order valence-electron chi connectivity index (χ1n) is 9.94. The van der Waals surface area contributed by atoms with Crippen molar-refractivity contribution in [1.82, 2.24) is 5.48 Å². The first kappa shape index (κ1) is 22.1. The zero-order chi connectivity index (χ0) is 21.7. The maximum Gasteiger partial charge on any atom is 0.138 e. The quantitative estimate of drug-likeness (QED) is 0.511. The highest BCUT2D eigenvalue weighted by molar-refractivity contribution is 5.92. The number of aryl methyl sites for hydroxylation is 2. The molecular formula is C23H26F2N2O3. The largest absolute Gasteiger partial charge is 0.394 e. The van der Waals surface area contributed by atoms with E-state index in [-0.39, 0.29) is 43.9 Å². The minimum Gasteiger partial charge on any atom is -0.394 e. The molecule has 2 aromatic rings. The number of benzene rings is 2. The van der Waals surface area contributed by atoms with Gasteiger partial charge < -0.3 is 5.11 Å². The van der Waals surface area contributed by atoms with Gasteiger partial charge in [0.05, 0.1) is 13.2 Å². The van der Waals surface area contributed by atoms with Crippen LogP contribution in [0.4, 0.5) is 8.78 Å². The highest BCUT2D eigenvalue weighted by Crippen LogP contribution is 2.36. The highest BCUT2D eigenvalue weighted by atomic mass is 19.1. The highest BCUT2D eigenvalue weighted by Gasteiger charge is 2.37. The van der Waals surface area contributed by atoms with Crippen molar-refractivity contribution in [3.8, 4) is 0 Å². The van der Waals surface area contributed by atoms with Crippen molar-refractivity contribution < 1.29 is 23.5 Å². The number of aliphatic hydroxyl groups is 1. The molecular weight excluding hydrogens is 390 g/mol. The molecule has 0 saturated carbocycles. The molecule has 2 atom stereocenters. The van der Waals surface area contributed by atoms with Gasteiger partial charge in [-0.25, -0.2) is 8.78 Å². The van der Waals surface area contributed by atoms with Crippen molar-refractivity contribution in [2.24, 2.45) is 10.9 Å². The molecule has 7 heteroatoms. The second kappa shape index (κ2) is 9.91. The Kier molecular flexibility index (Phi) is 7.29. The number of carbonyl (C=O) groups excluding carboxylic acids is 1. The molecule has 0 saturated heterocycles. The molecule has 0 aliphatic carbocycles. The molecule has 0 bridgehead atoms. The van der Waals surface area contributed by atoms with Crippen molar-refractivity contribution in [3.63, 3.8) is 0 Å². The van der Waals surface area contributed by atoms with Crippen LogP contribution in [0, 0.1) is 31.4 Å². The van der Waals surface area contributed by atoms with Gasteiger partial charge in [-0.2, -0.15) is 0 Å². The van der Waals surface area contributed by atoms with Crippen LogP contribution in [-0.4, -0.2) is 36.5 Å². The van der Waals surface area contributed by atoms with E-state index in [9.17, 15) is 13.6 Å². The number of halogens is 2. The lowest BCUT2D eigenvalue weighted by Crippen LogP contribution is -2.33. The molecule has 30 heavy (non-hydrogen) atoms. The second-order valence-electron chi connectivity index (χ2n) is 7.66. The zero-order valence-electron chi connectivity index (χ0n) is 17.1. The third-order valence-corrected chi connectivity index (χ3v) is 5.23. The molecule has 2 aromatic carbocycles. The number of hydrogen-bond donors (Lipinski definition) is 2. The van der Waals surface area contributed by atoms with Gasteiger partial charge >= 0.3 is 0 Å². The van der Waals surface area contributed by atoms with E-state index in [2.05, 4.69) is 10.5 Å². The Morgan fingerprint density at radius 2 is 1.83 bits per heavy atom. The maximum absolute atomic E-state index is 14.6. The number of Topliss-reactive ketones (excluding diaryl/α,β-unsaturated/α-hetero) is 1. The molecule has 1 aliphatic heterocycles. The van der Waals surface area contributed by atoms with Gasteiger partial charge in [0.15, 0.2) is 0 Å². The Bertz CT molecular complexity index is 906. The average molecular weight is 416 g/mol. The summed E-state index contributed by atoms with van der Waals surface area (Å²) in [4.78, 5) is 22.3. The number of aliphatic hydroxyl groups excluding tert-OH is 1. The zero-order valence-corrected chi connectivity index (χ0v) is 17.1. The first-order chi connectivity index (χ1) is 14.4. The fourth-order valence-electron chi connectivity index (χ4n) is 3.76. The van der Waals surface area contributed by atoms with E-state index in [1.165, 1.54) is 12.1 Å². The van der Waals surface area contributed by atoms with Crippen LogP contribution in [0.25, 0.3) is 0 Å². The minimum absolute atomic E-state index is 0.0287. The van der Waals surface area contributed by atoms with Crippen molar-refractivity contribution in [2.45, 2.75) is 32.6 Å². The lowest BCUT2D eigenvalue weighted by Gasteiger charge is -2.22. The molecule has 0 aromatic heterocycles. The summed E-state index contributed by atoms with van der Waals surface area (Å²) in [5.41, 5.74) is 5.07. The molecule has 160 valence electrons. The maximum atomic E-state index is 14.6. The molecule has 1 heterocycles. The van der Waals surface area contributed by atoms with Crippen LogP contribution in [0.2, 0.25) is 0 Å². The number of nitrogens with zero attached hydrogens (tertiary/aromatic N) is 1. The average Bonchev–Trinajstić information content (AvgIpc) is 3.05. The SMILES string of the molecule is Cc1ccc(CC(=O)C[C@@H]2C(NOCCO)=NC[C@H]2c2c(F)cc(C)cc2F)cc1. The summed E-state index contributed by atoms with van der Waals surface area (Å²) < 4.78 is 29.3. The van der Waals surface area contributed by atoms with E-state index >= 15 is 0 Å². The summed E-state index contributed by atoms with van der Waals surface area (Å²) in [5.74, 6) is -2.13. The molecule has 2 N–H and O–H groups in total. The lowest BCUT2D eigenvalue weighted by atomic mass is 9.82. The third-order valence-electron chi connectivity index (χ3n) is 5.23. The predicted octanol–water partition coefficient (Wildman–Crippen LogP) is 3.41. The summed E-state index contributed by atoms with van der Waals surface area (Å²) in [6, 6.07) is 10.3. The summed E-state index contributed by atoms with van der Waals surface area (Å²) in [6.07, 6.45) is 0.298. The Morgan fingerprint density at radius 3 is 2.47 bits per heavy atom. The predicted molar refractivity (Wildman–Crippen MR) is 110 cm³/mol. The van der Waals surface area contributed by atoms with Crippen molar-refractivity contribution >= 4 is 11.6 Å². The van der Waals surface area contributed by atoms with Gasteiger partial charge in [-0.05, 0) is 37.1 Å². The third kappa shape index (κ3) is 5.29. The van der Waals surface area contributed by atoms with Crippen molar-refractivity contribution in [3.05, 3.63) is 70.3 Å². The van der Waals surface area contributed by atoms with Crippen LogP contribution in [0.1, 0.15) is 34.6 Å². The molecule has 3 rings (SSSR count). The number of hydrogen-bond acceptors (Lipinski definition) is 5. The molecule has 0 spiro atoms. The number of rotatable bonds is 8. The van der Waals surface area contributed by atoms with Gasteiger partial charge in [-0.1, -0.05) is 29.8 Å². The molecule has 0 unspecified atom stereocenters. The van der Waals surface area contributed by atoms with Crippen LogP contribution in [-0.2, 0) is 16.1 Å². The van der Waals surface area contributed by atoms with E-state index in [0.29, 0.717) is 11.4 Å². The fourth-order valence-corrected chi connectivity index (χ4v) is 3.76. The number of hydroxylamine groups is 1. The minimum atomic E-state index is -0.638. The number of aliphatic imine (C=N–C) groups is 1. The number of nitrogens with one attached hydrogen (secondary N) is 1. The summed E-state index contributed by atoms with van der Waals surface area (Å²) >= 11 is 0. The van der Waals surface area contributed by atoms with E-state index in [1.54, 1.807) is 6.92 Å². The first-order valence-corrected chi connectivity index (χ1v) is 9.94. The van der Waals surface area contributed by atoms with Gasteiger partial charge in [0.25, 0.3) is 0 Å². The Labute approximate surface area is 174 Å². The number of ketones is 1. The van der Waals surface area contributed by atoms with Crippen LogP contribution < -0.4 is 5.48 Å². The van der Waals surface area contributed by atoms with Crippen LogP contribution >= 0.6 is 0 Å². The van der Waals surface area contributed by atoms with Crippen molar-refractivity contribution in [2.75, 3.05) is 19.8 Å². The van der Waals surface area contributed by atoms with Gasteiger partial charge in [0.2, 0.25) is 0 Å². The molecule has 0 radical (unpaired) electrons. The van der Waals surface area contributed by atoms with E-state index in [4.69, 9.17) is 9.94 Å². The van der Waals surface area contributed by atoms with Gasteiger partial charge in [0.1, 0.15) is 23.3 Å². The molecule has 0 amide bonds. The Balaban J connectivity index is 1.81. The van der Waals surface area contributed by atoms with Crippen LogP contribution in [0.5, 0.6) is 0 Å². The Hall–Kier alpha value is -2.64. The summed E-state index contributed by atoms with van der Waals surface area (Å²) in [6.45, 7) is 3.58. The van der Waals surface area contributed by atoms with Crippen LogP contribution in [0.15, 0.2) is 41.4 Å². The standard InChI is InChI=1S/C23H26F2N2O3/c1-14-3-5-16(6-4-14)11-17(29)12-18-19(13-26-23(18)27-30-8-7-28)22-20(24)9-15(2)10-21(22)25/h3-6,9-10,18-19,28H,7-8,11-13H2,1-2H3,(H,26,27)/t18-,19+/m0/s1. The van der Waals surface area contributed by atoms with Gasteiger partial charge in [-0.15, -0.1) is 0 Å². The smallest absolute Gasteiger partial charge is 0.138 e. The van der Waals surface area contributed by atoms with E-state index < -0.39 is 23.5 Å². The second-order valence-corrected chi connectivity index (χ2v) is 7.66. The number of carbonyl (C=O) groups is 1. The fraction of sp³-hybridized carbons (Fsp3) is 0.391. The van der Waals surface area contributed by atoms with Crippen molar-refractivity contribution in [1.29, 1.82) is 0 Å². The lowest BCUT2D eigenvalue weighted by molar-refractivity contribution is -0.119. The van der Waals surface area contributed by atoms with Crippen LogP contribution in [0.3, 0.4) is 0 Å². The normalized spacial score (nSPS) is 18.4. The van der Waals surface area contributed by atoms with E-state index in [1.807, 2.05) is 31.2 Å². The topological polar surface area (TPSA) is 70.9 Å². The monoisotopic (exact) mass is 416 g/mol.